The Bertz CT molecular complexity index is 1300. The molecule has 6 nitrogen and oxygen atoms in total. The largest absolute Gasteiger partial charge is 0.488 e. The summed E-state index contributed by atoms with van der Waals surface area (Å²) in [6, 6.07) is 9.85. The highest BCUT2D eigenvalue weighted by atomic mass is 19.1. The first-order valence-electron chi connectivity index (χ1n) is 14.9. The number of hydrogen-bond donors (Lipinski definition) is 1. The number of aliphatic carboxylic acids is 1. The number of carboxylic acids is 1. The third kappa shape index (κ3) is 7.01. The quantitative estimate of drug-likeness (QED) is 0.283. The molecule has 228 valence electrons. The van der Waals surface area contributed by atoms with E-state index in [0.29, 0.717) is 32.5 Å². The van der Waals surface area contributed by atoms with E-state index in [1.165, 1.54) is 26.0 Å². The number of carboxylic acid groups (broad SMARTS) is 1. The van der Waals surface area contributed by atoms with Crippen LogP contribution in [0.2, 0.25) is 0 Å². The first kappa shape index (κ1) is 30.6. The molecule has 0 unspecified atom stereocenters. The zero-order valence-electron chi connectivity index (χ0n) is 24.7. The molecule has 0 saturated carbocycles. The summed E-state index contributed by atoms with van der Waals surface area (Å²) in [6.07, 6.45) is 3.84. The van der Waals surface area contributed by atoms with Gasteiger partial charge in [0.1, 0.15) is 35.8 Å². The van der Waals surface area contributed by atoms with Crippen molar-refractivity contribution in [1.82, 2.24) is 9.80 Å². The first-order valence-corrected chi connectivity index (χ1v) is 14.9. The molecule has 5 rings (SSSR count). The van der Waals surface area contributed by atoms with Gasteiger partial charge in [0.15, 0.2) is 0 Å². The summed E-state index contributed by atoms with van der Waals surface area (Å²) in [5.74, 6) is -2.14. The Hall–Kier alpha value is -2.88. The minimum absolute atomic E-state index is 0.0407. The second kappa shape index (κ2) is 12.8. The standard InChI is InChI=1S/C33H41F3N2O4/c1-21-13-26-25-10-6-5-9-22(25)14-27(26)32(38(21)20-33(2,3)36)31-28(34)15-23(16-29(31)35)42-24-17-37(18-24)11-7-4-8-12-41-19-30(39)40/h5-6,9-10,15-16,21,24,32H,4,7-8,11-14,17-20H2,1-3H3,(H,39,40)/t21-,32+/m1/s1. The molecule has 3 aliphatic rings. The maximum absolute atomic E-state index is 15.9. The Labute approximate surface area is 246 Å². The molecular weight excluding hydrogens is 545 g/mol. The lowest BCUT2D eigenvalue weighted by molar-refractivity contribution is -0.142. The number of benzene rings is 2. The van der Waals surface area contributed by atoms with E-state index < -0.39 is 29.3 Å². The van der Waals surface area contributed by atoms with Gasteiger partial charge >= 0.3 is 5.97 Å². The van der Waals surface area contributed by atoms with Gasteiger partial charge in [-0.15, -0.1) is 0 Å². The Morgan fingerprint density at radius 1 is 1.10 bits per heavy atom. The third-order valence-electron chi connectivity index (χ3n) is 8.44. The van der Waals surface area contributed by atoms with Crippen molar-refractivity contribution >= 4 is 11.5 Å². The summed E-state index contributed by atoms with van der Waals surface area (Å²) in [7, 11) is 0. The van der Waals surface area contributed by atoms with Crippen LogP contribution in [0.4, 0.5) is 13.2 Å². The molecule has 0 bridgehead atoms. The van der Waals surface area contributed by atoms with Gasteiger partial charge in [-0.25, -0.2) is 18.0 Å². The molecule has 2 aliphatic heterocycles. The van der Waals surface area contributed by atoms with Crippen LogP contribution in [0.3, 0.4) is 0 Å². The normalized spacial score (nSPS) is 21.3. The number of hydrogen-bond acceptors (Lipinski definition) is 5. The number of likely N-dealkylation sites (tertiary alicyclic amines) is 1. The highest BCUT2D eigenvalue weighted by molar-refractivity contribution is 5.79. The van der Waals surface area contributed by atoms with E-state index in [9.17, 15) is 4.79 Å². The maximum Gasteiger partial charge on any atom is 0.329 e. The lowest BCUT2D eigenvalue weighted by Gasteiger charge is -2.44. The fraction of sp³-hybridized carbons (Fsp3) is 0.545. The van der Waals surface area contributed by atoms with E-state index in [-0.39, 0.29) is 36.6 Å². The number of unbranched alkanes of at least 4 members (excludes halogenated alkanes) is 2. The first-order chi connectivity index (χ1) is 20.0. The van der Waals surface area contributed by atoms with E-state index in [1.54, 1.807) is 0 Å². The fourth-order valence-corrected chi connectivity index (χ4v) is 6.58. The van der Waals surface area contributed by atoms with Gasteiger partial charge in [-0.3, -0.25) is 9.80 Å². The average Bonchev–Trinajstić information content (AvgIpc) is 3.24. The van der Waals surface area contributed by atoms with E-state index in [2.05, 4.69) is 17.0 Å². The summed E-state index contributed by atoms with van der Waals surface area (Å²) in [5, 5.41) is 8.58. The van der Waals surface area contributed by atoms with E-state index >= 15 is 13.2 Å². The predicted octanol–water partition coefficient (Wildman–Crippen LogP) is 6.19. The Balaban J connectivity index is 1.25. The molecule has 0 amide bonds. The number of carbonyl (C=O) groups is 1. The van der Waals surface area contributed by atoms with Crippen molar-refractivity contribution in [1.29, 1.82) is 0 Å². The van der Waals surface area contributed by atoms with Crippen molar-refractivity contribution in [2.24, 2.45) is 0 Å². The van der Waals surface area contributed by atoms with Crippen molar-refractivity contribution in [3.63, 3.8) is 0 Å². The van der Waals surface area contributed by atoms with Crippen LogP contribution < -0.4 is 4.74 Å². The van der Waals surface area contributed by atoms with E-state index in [0.717, 1.165) is 48.1 Å². The minimum atomic E-state index is -1.53. The van der Waals surface area contributed by atoms with Gasteiger partial charge < -0.3 is 14.6 Å². The molecule has 9 heteroatoms. The number of halogens is 3. The molecule has 42 heavy (non-hydrogen) atoms. The van der Waals surface area contributed by atoms with Gasteiger partial charge in [-0.2, -0.15) is 0 Å². The molecule has 2 aromatic carbocycles. The van der Waals surface area contributed by atoms with Crippen LogP contribution in [0.1, 0.15) is 69.2 Å². The summed E-state index contributed by atoms with van der Waals surface area (Å²) >= 11 is 0. The zero-order valence-corrected chi connectivity index (χ0v) is 24.7. The van der Waals surface area contributed by atoms with Gasteiger partial charge in [0, 0.05) is 50.0 Å². The van der Waals surface area contributed by atoms with Gasteiger partial charge in [-0.1, -0.05) is 24.3 Å². The zero-order chi connectivity index (χ0) is 30.0. The Morgan fingerprint density at radius 2 is 1.81 bits per heavy atom. The van der Waals surface area contributed by atoms with Crippen LogP contribution in [-0.2, 0) is 16.0 Å². The summed E-state index contributed by atoms with van der Waals surface area (Å²) in [4.78, 5) is 14.6. The number of ether oxygens (including phenoxy) is 2. The van der Waals surface area contributed by atoms with E-state index in [4.69, 9.17) is 14.6 Å². The number of fused-ring (bicyclic) bond motifs is 2. The molecule has 2 atom stereocenters. The molecule has 2 heterocycles. The van der Waals surface area contributed by atoms with Crippen LogP contribution in [0.5, 0.6) is 5.75 Å². The molecule has 1 N–H and O–H groups in total. The maximum atomic E-state index is 15.9. The summed E-state index contributed by atoms with van der Waals surface area (Å²) < 4.78 is 57.8. The summed E-state index contributed by atoms with van der Waals surface area (Å²) in [5.41, 5.74) is 2.77. The van der Waals surface area contributed by atoms with E-state index in [1.807, 2.05) is 24.0 Å². The molecule has 1 fully saturated rings. The lowest BCUT2D eigenvalue weighted by atomic mass is 9.84. The molecule has 0 aromatic heterocycles. The molecule has 1 aliphatic carbocycles. The molecule has 2 aromatic rings. The van der Waals surface area contributed by atoms with Gasteiger partial charge in [-0.05, 0) is 81.7 Å². The Morgan fingerprint density at radius 3 is 2.50 bits per heavy atom. The number of alkyl halides is 1. The summed E-state index contributed by atoms with van der Waals surface area (Å²) in [6.45, 7) is 7.47. The number of nitrogens with zero attached hydrogens (tertiary/aromatic N) is 2. The molecule has 1 saturated heterocycles. The van der Waals surface area contributed by atoms with Crippen LogP contribution in [0.15, 0.2) is 42.0 Å². The molecule has 0 radical (unpaired) electrons. The molecule has 0 spiro atoms. The van der Waals surface area contributed by atoms with Crippen LogP contribution >= 0.6 is 0 Å². The van der Waals surface area contributed by atoms with Crippen LogP contribution in [0.25, 0.3) is 5.57 Å². The van der Waals surface area contributed by atoms with Crippen molar-refractivity contribution in [3.05, 3.63) is 70.3 Å². The second-order valence-corrected chi connectivity index (χ2v) is 12.5. The van der Waals surface area contributed by atoms with Crippen LogP contribution in [0, 0.1) is 11.6 Å². The second-order valence-electron chi connectivity index (χ2n) is 12.5. The topological polar surface area (TPSA) is 62.2 Å². The van der Waals surface area contributed by atoms with Crippen molar-refractivity contribution in [2.75, 3.05) is 39.4 Å². The van der Waals surface area contributed by atoms with Crippen molar-refractivity contribution in [3.8, 4) is 5.75 Å². The monoisotopic (exact) mass is 586 g/mol. The fourth-order valence-electron chi connectivity index (χ4n) is 6.58. The van der Waals surface area contributed by atoms with Crippen LogP contribution in [-0.4, -0.2) is 78.1 Å². The van der Waals surface area contributed by atoms with Crippen molar-refractivity contribution in [2.45, 2.75) is 76.7 Å². The van der Waals surface area contributed by atoms with Gasteiger partial charge in [0.05, 0.1) is 6.04 Å². The minimum Gasteiger partial charge on any atom is -0.488 e. The van der Waals surface area contributed by atoms with Gasteiger partial charge in [0.25, 0.3) is 0 Å². The van der Waals surface area contributed by atoms with Gasteiger partial charge in [0.2, 0.25) is 0 Å². The highest BCUT2D eigenvalue weighted by Gasteiger charge is 2.43. The highest BCUT2D eigenvalue weighted by Crippen LogP contribution is 2.50. The number of rotatable bonds is 13. The lowest BCUT2D eigenvalue weighted by Crippen LogP contribution is -2.53. The van der Waals surface area contributed by atoms with Crippen molar-refractivity contribution < 1.29 is 32.5 Å². The predicted molar refractivity (Wildman–Crippen MR) is 155 cm³/mol. The Kier molecular flexibility index (Phi) is 9.30. The third-order valence-corrected chi connectivity index (χ3v) is 8.44. The average molecular weight is 587 g/mol. The smallest absolute Gasteiger partial charge is 0.329 e. The SMILES string of the molecule is C[C@@H]1CC2=C(Cc3ccccc32)[C@@H](c2c(F)cc(OC3CN(CCCCCOCC(=O)O)C3)cc2F)N1CC(C)(C)F. The molecular formula is C33H41F3N2O4.